The number of nitrogens with zero attached hydrogens (tertiary/aromatic N) is 2. The molecule has 0 N–H and O–H groups in total. The molecule has 0 atom stereocenters. The molecule has 0 aromatic carbocycles. The number of rotatable bonds is 1. The van der Waals surface area contributed by atoms with Crippen LogP contribution < -0.4 is 0 Å². The van der Waals surface area contributed by atoms with E-state index in [0.717, 1.165) is 0 Å². The Kier molecular flexibility index (Phi) is 3.68. The van der Waals surface area contributed by atoms with E-state index in [4.69, 9.17) is 0 Å². The van der Waals surface area contributed by atoms with Crippen LogP contribution in [0.1, 0.15) is 0 Å². The summed E-state index contributed by atoms with van der Waals surface area (Å²) in [4.78, 5) is 16.7. The Hall–Kier alpha value is -1.54. The number of pyridine rings is 1. The smallest absolute Gasteiger partial charge is 0.242 e. The molecule has 0 aliphatic carbocycles. The van der Waals surface area contributed by atoms with Crippen LogP contribution in [0.25, 0.3) is 0 Å². The van der Waals surface area contributed by atoms with Crippen molar-refractivity contribution in [2.45, 2.75) is 0 Å². The van der Waals surface area contributed by atoms with Crippen molar-refractivity contribution in [1.82, 2.24) is 4.98 Å². The molecule has 10 heavy (non-hydrogen) atoms. The van der Waals surface area contributed by atoms with Gasteiger partial charge < -0.3 is 0 Å². The second-order valence-electron chi connectivity index (χ2n) is 1.39. The van der Waals surface area contributed by atoms with E-state index in [2.05, 4.69) is 9.98 Å². The van der Waals surface area contributed by atoms with Crippen LogP contribution in [0.15, 0.2) is 29.4 Å². The van der Waals surface area contributed by atoms with Crippen LogP contribution in [-0.4, -0.2) is 11.1 Å². The lowest BCUT2D eigenvalue weighted by molar-refractivity contribution is 0.565. The van der Waals surface area contributed by atoms with E-state index in [0.29, 0.717) is 5.82 Å². The summed E-state index contributed by atoms with van der Waals surface area (Å²) in [6.07, 6.45) is 2.96. The quantitative estimate of drug-likeness (QED) is 0.434. The Labute approximate surface area is 56.8 Å². The summed E-state index contributed by atoms with van der Waals surface area (Å²) >= 11 is 0. The maximum Gasteiger partial charge on any atom is 0.242 e. The predicted octanol–water partition coefficient (Wildman–Crippen LogP) is 1.20. The molecule has 0 saturated heterocycles. The van der Waals surface area contributed by atoms with Crippen molar-refractivity contribution in [1.29, 1.82) is 0 Å². The molecule has 4 heteroatoms. The van der Waals surface area contributed by atoms with Gasteiger partial charge in [-0.15, -0.1) is 4.99 Å². The molecule has 0 unspecified atom stereocenters. The third-order valence-electron chi connectivity index (χ3n) is 0.809. The molecule has 0 aliphatic rings. The van der Waals surface area contributed by atoms with E-state index in [-0.39, 0.29) is 4.70 Å². The monoisotopic (exact) mass is 140 g/mol. The van der Waals surface area contributed by atoms with Gasteiger partial charge in [0.25, 0.3) is 0 Å². The molecule has 0 aliphatic heterocycles. The van der Waals surface area contributed by atoms with E-state index >= 15 is 0 Å². The van der Waals surface area contributed by atoms with Gasteiger partial charge in [0.05, 0.1) is 0 Å². The van der Waals surface area contributed by atoms with Gasteiger partial charge in [-0.2, -0.15) is 0 Å². The zero-order valence-corrected chi connectivity index (χ0v) is 5.02. The van der Waals surface area contributed by atoms with Gasteiger partial charge in [-0.25, -0.2) is 9.78 Å². The lowest BCUT2D eigenvalue weighted by Crippen LogP contribution is -1.67. The van der Waals surface area contributed by atoms with Crippen LogP contribution >= 0.6 is 0 Å². The summed E-state index contributed by atoms with van der Waals surface area (Å²) in [5, 5.41) is 0. The minimum atomic E-state index is 0. The topological polar surface area (TPSA) is 42.3 Å². The fourth-order valence-electron chi connectivity index (χ4n) is 0.467. The first kappa shape index (κ1) is 8.46. The SMILES string of the molecule is F.O=C=Nc1ccccn1. The number of aliphatic imine (C=N–C) groups is 1. The number of aromatic nitrogens is 1. The second kappa shape index (κ2) is 4.35. The Balaban J connectivity index is 0.000000810. The number of isocyanates is 1. The van der Waals surface area contributed by atoms with Crippen LogP contribution in [0, 0.1) is 0 Å². The summed E-state index contributed by atoms with van der Waals surface area (Å²) in [7, 11) is 0. The number of hydrogen-bond acceptors (Lipinski definition) is 3. The van der Waals surface area contributed by atoms with Crippen LogP contribution in [0.4, 0.5) is 10.5 Å². The van der Waals surface area contributed by atoms with Crippen molar-refractivity contribution < 1.29 is 9.50 Å². The van der Waals surface area contributed by atoms with E-state index in [9.17, 15) is 4.79 Å². The largest absolute Gasteiger partial charge is 0.269 e. The summed E-state index contributed by atoms with van der Waals surface area (Å²) in [5.41, 5.74) is 0. The second-order valence-corrected chi connectivity index (χ2v) is 1.39. The first-order valence-corrected chi connectivity index (χ1v) is 2.42. The van der Waals surface area contributed by atoms with Gasteiger partial charge in [-0.05, 0) is 12.1 Å². The normalized spacial score (nSPS) is 7.20. The molecule has 1 aromatic heterocycles. The molecule has 1 heterocycles. The highest BCUT2D eigenvalue weighted by molar-refractivity contribution is 5.43. The molecule has 0 saturated carbocycles. The fourth-order valence-corrected chi connectivity index (χ4v) is 0.467. The Morgan fingerprint density at radius 2 is 2.30 bits per heavy atom. The third kappa shape index (κ3) is 2.15. The highest BCUT2D eigenvalue weighted by Gasteiger charge is 1.81. The van der Waals surface area contributed by atoms with Crippen LogP contribution in [0.2, 0.25) is 0 Å². The maximum atomic E-state index is 9.64. The average molecular weight is 140 g/mol. The van der Waals surface area contributed by atoms with Gasteiger partial charge in [0.1, 0.15) is 0 Å². The maximum absolute atomic E-state index is 9.64. The van der Waals surface area contributed by atoms with Crippen molar-refractivity contribution in [2.24, 2.45) is 4.99 Å². The summed E-state index contributed by atoms with van der Waals surface area (Å²) in [5.74, 6) is 0.396. The van der Waals surface area contributed by atoms with Crippen molar-refractivity contribution in [3.05, 3.63) is 24.4 Å². The first-order valence-electron chi connectivity index (χ1n) is 2.42. The van der Waals surface area contributed by atoms with E-state index in [1.165, 1.54) is 6.08 Å². The molecule has 0 spiro atoms. The third-order valence-corrected chi connectivity index (χ3v) is 0.809. The van der Waals surface area contributed by atoms with Gasteiger partial charge in [-0.3, -0.25) is 4.70 Å². The zero-order chi connectivity index (χ0) is 6.53. The van der Waals surface area contributed by atoms with E-state index in [1.807, 2.05) is 0 Å². The molecule has 1 rings (SSSR count). The number of carbonyl (C=O) groups excluding carboxylic acids is 1. The van der Waals surface area contributed by atoms with E-state index < -0.39 is 0 Å². The standard InChI is InChI=1S/C6H4N2O.FH/c9-5-8-6-3-1-2-4-7-6;/h1-4H;1H. The van der Waals surface area contributed by atoms with Gasteiger partial charge in [-0.1, -0.05) is 6.07 Å². The molecule has 0 radical (unpaired) electrons. The summed E-state index contributed by atoms with van der Waals surface area (Å²) in [6, 6.07) is 5.14. The van der Waals surface area contributed by atoms with E-state index in [1.54, 1.807) is 24.4 Å². The van der Waals surface area contributed by atoms with Crippen molar-refractivity contribution in [2.75, 3.05) is 0 Å². The van der Waals surface area contributed by atoms with Crippen LogP contribution in [0.3, 0.4) is 0 Å². The van der Waals surface area contributed by atoms with Gasteiger partial charge in [0.15, 0.2) is 5.82 Å². The van der Waals surface area contributed by atoms with Crippen LogP contribution in [0.5, 0.6) is 0 Å². The van der Waals surface area contributed by atoms with Crippen molar-refractivity contribution >= 4 is 11.9 Å². The summed E-state index contributed by atoms with van der Waals surface area (Å²) in [6.45, 7) is 0. The van der Waals surface area contributed by atoms with Crippen molar-refractivity contribution in [3.63, 3.8) is 0 Å². The lowest BCUT2D eigenvalue weighted by atomic mass is 10.5. The number of halogens is 1. The minimum Gasteiger partial charge on any atom is -0.269 e. The molecule has 0 amide bonds. The molecule has 3 nitrogen and oxygen atoms in total. The van der Waals surface area contributed by atoms with Crippen LogP contribution in [-0.2, 0) is 4.79 Å². The molecule has 52 valence electrons. The fraction of sp³-hybridized carbons (Fsp3) is 0. The van der Waals surface area contributed by atoms with Gasteiger partial charge in [0.2, 0.25) is 6.08 Å². The Bertz CT molecular complexity index is 231. The lowest BCUT2D eigenvalue weighted by Gasteiger charge is -1.82. The highest BCUT2D eigenvalue weighted by atomic mass is 19.0. The predicted molar refractivity (Wildman–Crippen MR) is 34.5 cm³/mol. The molecular formula is C6H5FN2O. The average Bonchev–Trinajstić information content (AvgIpc) is 1.91. The molecule has 0 bridgehead atoms. The Morgan fingerprint density at radius 3 is 2.80 bits per heavy atom. The zero-order valence-electron chi connectivity index (χ0n) is 5.02. The number of hydrogen-bond donors (Lipinski definition) is 0. The van der Waals surface area contributed by atoms with Gasteiger partial charge >= 0.3 is 0 Å². The first-order chi connectivity index (χ1) is 4.43. The van der Waals surface area contributed by atoms with Crippen molar-refractivity contribution in [3.8, 4) is 0 Å². The highest BCUT2D eigenvalue weighted by Crippen LogP contribution is 2.01. The molecule has 0 fully saturated rings. The van der Waals surface area contributed by atoms with Gasteiger partial charge in [0, 0.05) is 6.20 Å². The Morgan fingerprint density at radius 1 is 1.50 bits per heavy atom. The summed E-state index contributed by atoms with van der Waals surface area (Å²) < 4.78 is 0. The molecular weight excluding hydrogens is 135 g/mol. The minimum absolute atomic E-state index is 0. The molecule has 1 aromatic rings.